The number of hydrogen-bond donors (Lipinski definition) is 1. The number of benzene rings is 1. The molecule has 2 aliphatic rings. The first kappa shape index (κ1) is 19.9. The molecule has 2 fully saturated rings. The Morgan fingerprint density at radius 1 is 0.903 bits per heavy atom. The molecule has 6 heteroatoms. The molecule has 0 atom stereocenters. The fourth-order valence-corrected chi connectivity index (χ4v) is 4.49. The lowest BCUT2D eigenvalue weighted by molar-refractivity contribution is 0.153. The predicted octanol–water partition coefficient (Wildman–Crippen LogP) is 4.78. The number of nitrogens with zero attached hydrogens (tertiary/aromatic N) is 4. The van der Waals surface area contributed by atoms with Gasteiger partial charge in [-0.25, -0.2) is 0 Å². The van der Waals surface area contributed by atoms with Crippen LogP contribution in [0.1, 0.15) is 42.7 Å². The van der Waals surface area contributed by atoms with Crippen LogP contribution in [0.15, 0.2) is 60.9 Å². The van der Waals surface area contributed by atoms with Gasteiger partial charge in [-0.2, -0.15) is 0 Å². The summed E-state index contributed by atoms with van der Waals surface area (Å²) in [6, 6.07) is 16.8. The first-order valence-corrected chi connectivity index (χ1v) is 11.3. The summed E-state index contributed by atoms with van der Waals surface area (Å²) < 4.78 is 5.88. The van der Waals surface area contributed by atoms with Crippen LogP contribution in [0.4, 0.5) is 11.5 Å². The third-order valence-corrected chi connectivity index (χ3v) is 6.35. The van der Waals surface area contributed by atoms with Crippen molar-refractivity contribution in [2.45, 2.75) is 38.1 Å². The molecule has 160 valence electrons. The zero-order chi connectivity index (χ0) is 20.9. The number of aromatic nitrogens is 3. The highest BCUT2D eigenvalue weighted by atomic mass is 16.5. The van der Waals surface area contributed by atoms with Crippen molar-refractivity contribution in [3.8, 4) is 5.88 Å². The summed E-state index contributed by atoms with van der Waals surface area (Å²) in [5, 5.41) is 11.6. The Balaban J connectivity index is 1.05. The van der Waals surface area contributed by atoms with Gasteiger partial charge in [0.2, 0.25) is 5.88 Å². The van der Waals surface area contributed by atoms with E-state index in [1.807, 2.05) is 24.3 Å². The molecule has 1 aliphatic carbocycles. The summed E-state index contributed by atoms with van der Waals surface area (Å²) in [5.74, 6) is 2.52. The third-order valence-electron chi connectivity index (χ3n) is 6.35. The number of rotatable bonds is 8. The van der Waals surface area contributed by atoms with E-state index in [-0.39, 0.29) is 0 Å². The van der Waals surface area contributed by atoms with Gasteiger partial charge >= 0.3 is 0 Å². The van der Waals surface area contributed by atoms with Crippen LogP contribution in [0.5, 0.6) is 5.88 Å². The number of likely N-dealkylation sites (tertiary alicyclic amines) is 1. The first-order valence-electron chi connectivity index (χ1n) is 11.3. The summed E-state index contributed by atoms with van der Waals surface area (Å²) in [7, 11) is 0. The van der Waals surface area contributed by atoms with Gasteiger partial charge in [0.15, 0.2) is 5.82 Å². The lowest BCUT2D eigenvalue weighted by atomic mass is 9.72. The molecule has 3 heterocycles. The van der Waals surface area contributed by atoms with Gasteiger partial charge in [-0.3, -0.25) is 9.88 Å². The van der Waals surface area contributed by atoms with Crippen molar-refractivity contribution in [2.75, 3.05) is 25.0 Å². The second kappa shape index (κ2) is 9.43. The van der Waals surface area contributed by atoms with Crippen molar-refractivity contribution >= 4 is 11.5 Å². The van der Waals surface area contributed by atoms with Crippen molar-refractivity contribution in [1.29, 1.82) is 0 Å². The average Bonchev–Trinajstić information content (AvgIpc) is 3.29. The Morgan fingerprint density at radius 2 is 1.68 bits per heavy atom. The van der Waals surface area contributed by atoms with E-state index in [2.05, 4.69) is 49.7 Å². The van der Waals surface area contributed by atoms with Crippen LogP contribution in [0, 0.1) is 5.92 Å². The highest BCUT2D eigenvalue weighted by Crippen LogP contribution is 2.41. The van der Waals surface area contributed by atoms with E-state index in [0.717, 1.165) is 12.2 Å². The zero-order valence-electron chi connectivity index (χ0n) is 17.8. The maximum absolute atomic E-state index is 5.88. The Bertz CT molecular complexity index is 949. The maximum Gasteiger partial charge on any atom is 0.233 e. The van der Waals surface area contributed by atoms with Crippen molar-refractivity contribution in [3.63, 3.8) is 0 Å². The highest BCUT2D eigenvalue weighted by molar-refractivity contribution is 5.54. The SMILES string of the molecule is c1cc(Nc2ccc(OCC3CC(c4ccc(CN5CCCC5)cc4)C3)nn2)ccn1. The molecule has 1 saturated carbocycles. The van der Waals surface area contributed by atoms with Crippen molar-refractivity contribution < 1.29 is 4.74 Å². The minimum absolute atomic E-state index is 0.579. The minimum atomic E-state index is 0.579. The summed E-state index contributed by atoms with van der Waals surface area (Å²) in [6.45, 7) is 4.30. The van der Waals surface area contributed by atoms with E-state index in [0.29, 0.717) is 30.1 Å². The summed E-state index contributed by atoms with van der Waals surface area (Å²) in [5.41, 5.74) is 3.83. The molecule has 1 aliphatic heterocycles. The molecule has 0 amide bonds. The van der Waals surface area contributed by atoms with Gasteiger partial charge in [0.25, 0.3) is 0 Å². The molecule has 3 aromatic rings. The van der Waals surface area contributed by atoms with Crippen molar-refractivity contribution in [1.82, 2.24) is 20.1 Å². The molecule has 0 unspecified atom stereocenters. The van der Waals surface area contributed by atoms with E-state index in [9.17, 15) is 0 Å². The van der Waals surface area contributed by atoms with E-state index < -0.39 is 0 Å². The molecule has 5 rings (SSSR count). The van der Waals surface area contributed by atoms with Crippen LogP contribution >= 0.6 is 0 Å². The molecule has 31 heavy (non-hydrogen) atoms. The third kappa shape index (κ3) is 5.20. The summed E-state index contributed by atoms with van der Waals surface area (Å²) >= 11 is 0. The van der Waals surface area contributed by atoms with E-state index >= 15 is 0 Å². The molecule has 1 saturated heterocycles. The Labute approximate surface area is 183 Å². The molecule has 0 bridgehead atoms. The predicted molar refractivity (Wildman–Crippen MR) is 121 cm³/mol. The van der Waals surface area contributed by atoms with Crippen LogP contribution in [-0.2, 0) is 6.54 Å². The Hall–Kier alpha value is -2.99. The normalized spacial score (nSPS) is 20.9. The number of pyridine rings is 1. The van der Waals surface area contributed by atoms with Gasteiger partial charge in [-0.15, -0.1) is 10.2 Å². The molecule has 2 aromatic heterocycles. The van der Waals surface area contributed by atoms with Gasteiger partial charge < -0.3 is 10.1 Å². The van der Waals surface area contributed by atoms with Gasteiger partial charge in [-0.05, 0) is 79.9 Å². The van der Waals surface area contributed by atoms with E-state index in [1.165, 1.54) is 49.9 Å². The zero-order valence-corrected chi connectivity index (χ0v) is 17.8. The van der Waals surface area contributed by atoms with Crippen molar-refractivity contribution in [3.05, 3.63) is 72.1 Å². The summed E-state index contributed by atoms with van der Waals surface area (Å²) in [4.78, 5) is 6.56. The maximum atomic E-state index is 5.88. The minimum Gasteiger partial charge on any atom is -0.476 e. The summed E-state index contributed by atoms with van der Waals surface area (Å²) in [6.07, 6.45) is 8.54. The van der Waals surface area contributed by atoms with E-state index in [1.54, 1.807) is 12.4 Å². The van der Waals surface area contributed by atoms with Crippen LogP contribution < -0.4 is 10.1 Å². The second-order valence-corrected chi connectivity index (χ2v) is 8.69. The first-order chi connectivity index (χ1) is 15.3. The van der Waals surface area contributed by atoms with Gasteiger partial charge in [0.1, 0.15) is 0 Å². The van der Waals surface area contributed by atoms with Crippen LogP contribution in [0.2, 0.25) is 0 Å². The van der Waals surface area contributed by atoms with Crippen LogP contribution in [-0.4, -0.2) is 39.8 Å². The number of nitrogens with one attached hydrogen (secondary N) is 1. The number of hydrogen-bond acceptors (Lipinski definition) is 6. The fraction of sp³-hybridized carbons (Fsp3) is 0.400. The number of anilines is 2. The van der Waals surface area contributed by atoms with Crippen LogP contribution in [0.25, 0.3) is 0 Å². The molecular formula is C25H29N5O. The Morgan fingerprint density at radius 3 is 2.39 bits per heavy atom. The largest absolute Gasteiger partial charge is 0.476 e. The fourth-order valence-electron chi connectivity index (χ4n) is 4.49. The topological polar surface area (TPSA) is 63.2 Å². The second-order valence-electron chi connectivity index (χ2n) is 8.69. The highest BCUT2D eigenvalue weighted by Gasteiger charge is 2.30. The standard InChI is InChI=1S/C25H29N5O/c1-2-14-30(13-1)17-19-3-5-21(6-4-19)22-15-20(16-22)18-31-25-8-7-24(28-29-25)27-23-9-11-26-12-10-23/h3-12,20,22H,1-2,13-18H2,(H,26,27,28). The molecule has 0 radical (unpaired) electrons. The van der Waals surface area contributed by atoms with Gasteiger partial charge in [0.05, 0.1) is 6.61 Å². The number of ether oxygens (including phenoxy) is 1. The molecule has 1 N–H and O–H groups in total. The Kier molecular flexibility index (Phi) is 6.07. The van der Waals surface area contributed by atoms with Crippen molar-refractivity contribution in [2.24, 2.45) is 5.92 Å². The van der Waals surface area contributed by atoms with Gasteiger partial charge in [0, 0.05) is 30.7 Å². The molecule has 6 nitrogen and oxygen atoms in total. The molecular weight excluding hydrogens is 386 g/mol. The van der Waals surface area contributed by atoms with E-state index in [4.69, 9.17) is 4.74 Å². The molecule has 1 aromatic carbocycles. The monoisotopic (exact) mass is 415 g/mol. The molecule has 0 spiro atoms. The lowest BCUT2D eigenvalue weighted by Crippen LogP contribution is -2.27. The van der Waals surface area contributed by atoms with Crippen LogP contribution in [0.3, 0.4) is 0 Å². The van der Waals surface area contributed by atoms with Gasteiger partial charge in [-0.1, -0.05) is 24.3 Å². The lowest BCUT2D eigenvalue weighted by Gasteiger charge is -2.35. The smallest absolute Gasteiger partial charge is 0.233 e. The average molecular weight is 416 g/mol. The quantitative estimate of drug-likeness (QED) is 0.571.